The van der Waals surface area contributed by atoms with E-state index in [0.29, 0.717) is 6.61 Å². The average Bonchev–Trinajstić information content (AvgIpc) is 2.57. The smallest absolute Gasteiger partial charge is 0.434 e. The van der Waals surface area contributed by atoms with Gasteiger partial charge < -0.3 is 9.47 Å². The van der Waals surface area contributed by atoms with Crippen molar-refractivity contribution < 1.29 is 14.3 Å². The van der Waals surface area contributed by atoms with Gasteiger partial charge in [0.1, 0.15) is 5.60 Å². The van der Waals surface area contributed by atoms with Crippen molar-refractivity contribution in [2.24, 2.45) is 17.8 Å². The molecule has 24 heavy (non-hydrogen) atoms. The third-order valence-electron chi connectivity index (χ3n) is 6.39. The molecule has 0 saturated heterocycles. The standard InChI is InChI=1S/C21H38O3/c1-4-6-16-23-20(22)24-21(3)14-12-19(13-15-21)18-10-8-17(7-5-2)9-11-18/h17-19H,4-16H2,1-3H3. The van der Waals surface area contributed by atoms with Crippen LogP contribution in [0.4, 0.5) is 4.79 Å². The van der Waals surface area contributed by atoms with Crippen LogP contribution in [0.25, 0.3) is 0 Å². The highest BCUT2D eigenvalue weighted by molar-refractivity contribution is 5.60. The fraction of sp³-hybridized carbons (Fsp3) is 0.952. The summed E-state index contributed by atoms with van der Waals surface area (Å²) >= 11 is 0. The van der Waals surface area contributed by atoms with E-state index in [-0.39, 0.29) is 5.60 Å². The molecule has 0 spiro atoms. The van der Waals surface area contributed by atoms with Gasteiger partial charge in [-0.05, 0) is 69.6 Å². The van der Waals surface area contributed by atoms with Crippen molar-refractivity contribution in [3.8, 4) is 0 Å². The van der Waals surface area contributed by atoms with Crippen LogP contribution in [0.15, 0.2) is 0 Å². The number of rotatable bonds is 7. The topological polar surface area (TPSA) is 35.5 Å². The average molecular weight is 339 g/mol. The molecule has 0 aromatic rings. The molecule has 2 fully saturated rings. The van der Waals surface area contributed by atoms with E-state index in [2.05, 4.69) is 20.8 Å². The zero-order valence-corrected chi connectivity index (χ0v) is 16.1. The summed E-state index contributed by atoms with van der Waals surface area (Å²) in [6, 6.07) is 0. The molecule has 0 N–H and O–H groups in total. The first-order chi connectivity index (χ1) is 11.6. The number of carbonyl (C=O) groups excluding carboxylic acids is 1. The molecule has 0 heterocycles. The van der Waals surface area contributed by atoms with Crippen LogP contribution >= 0.6 is 0 Å². The molecule has 140 valence electrons. The Morgan fingerprint density at radius 2 is 1.58 bits per heavy atom. The number of carbonyl (C=O) groups is 1. The lowest BCUT2D eigenvalue weighted by Gasteiger charge is -2.41. The van der Waals surface area contributed by atoms with Crippen molar-refractivity contribution in [3.05, 3.63) is 0 Å². The quantitative estimate of drug-likeness (QED) is 0.393. The summed E-state index contributed by atoms with van der Waals surface area (Å²) in [5, 5.41) is 0. The van der Waals surface area contributed by atoms with E-state index in [0.717, 1.165) is 43.4 Å². The Balaban J connectivity index is 1.69. The van der Waals surface area contributed by atoms with Crippen LogP contribution in [0.2, 0.25) is 0 Å². The van der Waals surface area contributed by atoms with E-state index in [1.54, 1.807) is 0 Å². The van der Waals surface area contributed by atoms with Crippen LogP contribution < -0.4 is 0 Å². The number of unbranched alkanes of at least 4 members (excludes halogenated alkanes) is 1. The van der Waals surface area contributed by atoms with Crippen molar-refractivity contribution in [2.45, 2.75) is 103 Å². The highest BCUT2D eigenvalue weighted by Gasteiger charge is 2.38. The second kappa shape index (κ2) is 9.68. The van der Waals surface area contributed by atoms with Crippen molar-refractivity contribution in [1.82, 2.24) is 0 Å². The van der Waals surface area contributed by atoms with Crippen molar-refractivity contribution in [1.29, 1.82) is 0 Å². The van der Waals surface area contributed by atoms with Crippen LogP contribution in [0, 0.1) is 17.8 Å². The Morgan fingerprint density at radius 1 is 0.958 bits per heavy atom. The van der Waals surface area contributed by atoms with Crippen molar-refractivity contribution >= 4 is 6.16 Å². The third-order valence-corrected chi connectivity index (χ3v) is 6.39. The second-order valence-corrected chi connectivity index (χ2v) is 8.41. The summed E-state index contributed by atoms with van der Waals surface area (Å²) in [4.78, 5) is 11.8. The maximum atomic E-state index is 11.8. The first kappa shape index (κ1) is 19.6. The van der Waals surface area contributed by atoms with Crippen LogP contribution in [-0.4, -0.2) is 18.4 Å². The van der Waals surface area contributed by atoms with E-state index in [1.807, 2.05) is 0 Å². The van der Waals surface area contributed by atoms with Gasteiger partial charge in [0.05, 0.1) is 6.61 Å². The minimum atomic E-state index is -0.468. The van der Waals surface area contributed by atoms with Crippen molar-refractivity contribution in [3.63, 3.8) is 0 Å². The molecule has 0 unspecified atom stereocenters. The van der Waals surface area contributed by atoms with Gasteiger partial charge in [-0.1, -0.05) is 46.0 Å². The van der Waals surface area contributed by atoms with Gasteiger partial charge in [-0.2, -0.15) is 0 Å². The first-order valence-corrected chi connectivity index (χ1v) is 10.4. The zero-order chi connectivity index (χ0) is 17.4. The van der Waals surface area contributed by atoms with Gasteiger partial charge in [-0.25, -0.2) is 4.79 Å². The summed E-state index contributed by atoms with van der Waals surface area (Å²) in [6.07, 6.45) is 14.4. The minimum Gasteiger partial charge on any atom is -0.434 e. The lowest BCUT2D eigenvalue weighted by molar-refractivity contribution is -0.0567. The summed E-state index contributed by atoms with van der Waals surface area (Å²) in [5.74, 6) is 2.75. The molecule has 0 aromatic heterocycles. The Kier molecular flexibility index (Phi) is 7.90. The molecule has 2 aliphatic carbocycles. The maximum Gasteiger partial charge on any atom is 0.508 e. The molecule has 0 radical (unpaired) electrons. The summed E-state index contributed by atoms with van der Waals surface area (Å²) in [6.45, 7) is 6.96. The maximum absolute atomic E-state index is 11.8. The van der Waals surface area contributed by atoms with Crippen LogP contribution in [0.1, 0.15) is 97.8 Å². The molecule has 0 aromatic carbocycles. The number of hydrogen-bond acceptors (Lipinski definition) is 3. The lowest BCUT2D eigenvalue weighted by Crippen LogP contribution is -2.38. The molecular formula is C21H38O3. The highest BCUT2D eigenvalue weighted by Crippen LogP contribution is 2.44. The summed E-state index contributed by atoms with van der Waals surface area (Å²) in [5.41, 5.74) is -0.306. The molecule has 3 heteroatoms. The molecule has 2 rings (SSSR count). The lowest BCUT2D eigenvalue weighted by atomic mass is 9.68. The number of hydrogen-bond donors (Lipinski definition) is 0. The third kappa shape index (κ3) is 5.97. The van der Waals surface area contributed by atoms with E-state index >= 15 is 0 Å². The molecule has 0 amide bonds. The van der Waals surface area contributed by atoms with Gasteiger partial charge in [0, 0.05) is 0 Å². The summed E-state index contributed by atoms with van der Waals surface area (Å²) in [7, 11) is 0. The van der Waals surface area contributed by atoms with Gasteiger partial charge in [0.15, 0.2) is 0 Å². The second-order valence-electron chi connectivity index (χ2n) is 8.41. The van der Waals surface area contributed by atoms with E-state index < -0.39 is 6.16 Å². The Labute approximate surface area is 148 Å². The van der Waals surface area contributed by atoms with Crippen LogP contribution in [-0.2, 0) is 9.47 Å². The molecule has 2 saturated carbocycles. The molecular weight excluding hydrogens is 300 g/mol. The van der Waals surface area contributed by atoms with E-state index in [4.69, 9.17) is 9.47 Å². The molecule has 3 nitrogen and oxygen atoms in total. The van der Waals surface area contributed by atoms with Gasteiger partial charge in [-0.15, -0.1) is 0 Å². The first-order valence-electron chi connectivity index (χ1n) is 10.4. The predicted molar refractivity (Wildman–Crippen MR) is 98.1 cm³/mol. The zero-order valence-electron chi connectivity index (χ0n) is 16.1. The minimum absolute atomic E-state index is 0.306. The monoisotopic (exact) mass is 338 g/mol. The van der Waals surface area contributed by atoms with E-state index in [1.165, 1.54) is 51.4 Å². The van der Waals surface area contributed by atoms with Gasteiger partial charge >= 0.3 is 6.16 Å². The molecule has 0 atom stereocenters. The Morgan fingerprint density at radius 3 is 2.17 bits per heavy atom. The van der Waals surface area contributed by atoms with Crippen LogP contribution in [0.5, 0.6) is 0 Å². The number of ether oxygens (including phenoxy) is 2. The van der Waals surface area contributed by atoms with Crippen molar-refractivity contribution in [2.75, 3.05) is 6.61 Å². The fourth-order valence-electron chi connectivity index (χ4n) is 4.71. The molecule has 2 aliphatic rings. The van der Waals surface area contributed by atoms with Gasteiger partial charge in [0.25, 0.3) is 0 Å². The highest BCUT2D eigenvalue weighted by atomic mass is 16.7. The molecule has 0 bridgehead atoms. The van der Waals surface area contributed by atoms with Crippen LogP contribution in [0.3, 0.4) is 0 Å². The fourth-order valence-corrected chi connectivity index (χ4v) is 4.71. The Bertz CT molecular complexity index is 363. The van der Waals surface area contributed by atoms with Gasteiger partial charge in [0.2, 0.25) is 0 Å². The Hall–Kier alpha value is -0.730. The molecule has 0 aliphatic heterocycles. The summed E-state index contributed by atoms with van der Waals surface area (Å²) < 4.78 is 10.8. The normalized spacial score (nSPS) is 33.9. The predicted octanol–water partition coefficient (Wildman–Crippen LogP) is 6.50. The van der Waals surface area contributed by atoms with E-state index in [9.17, 15) is 4.79 Å². The largest absolute Gasteiger partial charge is 0.508 e. The SMILES string of the molecule is CCCCOC(=O)OC1(C)CCC(C2CCC(CCC)CC2)CC1. The van der Waals surface area contributed by atoms with Gasteiger partial charge in [-0.3, -0.25) is 0 Å².